The van der Waals surface area contributed by atoms with E-state index in [4.69, 9.17) is 0 Å². The number of benzene rings is 6. The number of nitro groups is 2. The number of hydrogen-bond donors (Lipinski definition) is 0. The summed E-state index contributed by atoms with van der Waals surface area (Å²) >= 11 is 0. The van der Waals surface area contributed by atoms with E-state index in [0.29, 0.717) is 0 Å². The van der Waals surface area contributed by atoms with Crippen LogP contribution in [0.2, 0.25) is 0 Å². The van der Waals surface area contributed by atoms with Gasteiger partial charge in [-0.3, -0.25) is 20.2 Å². The van der Waals surface area contributed by atoms with Crippen molar-refractivity contribution in [2.75, 3.05) is 0 Å². The van der Waals surface area contributed by atoms with E-state index in [9.17, 15) is 20.2 Å². The summed E-state index contributed by atoms with van der Waals surface area (Å²) in [5.74, 6) is 0. The van der Waals surface area contributed by atoms with Crippen LogP contribution in [0.15, 0.2) is 146 Å². The van der Waals surface area contributed by atoms with Gasteiger partial charge in [-0.2, -0.15) is 0 Å². The average molecular weight is 619 g/mol. The zero-order chi connectivity index (χ0) is 32.6. The molecule has 0 aliphatic heterocycles. The zero-order valence-corrected chi connectivity index (χ0v) is 25.9. The lowest BCUT2D eigenvalue weighted by atomic mass is 9.97. The Kier molecular flexibility index (Phi) is 9.59. The second kappa shape index (κ2) is 14.5. The van der Waals surface area contributed by atoms with E-state index in [-0.39, 0.29) is 21.2 Å². The Morgan fingerprint density at radius 3 is 0.532 bits per heavy atom. The number of non-ortho nitro benzene ring substituents is 2. The smallest absolute Gasteiger partial charge is 0.258 e. The zero-order valence-electron chi connectivity index (χ0n) is 25.9. The summed E-state index contributed by atoms with van der Waals surface area (Å²) in [6.45, 7) is 0. The highest BCUT2D eigenvalue weighted by molar-refractivity contribution is 5.39. The van der Waals surface area contributed by atoms with Crippen molar-refractivity contribution >= 4 is 11.4 Å². The first-order valence-corrected chi connectivity index (χ1v) is 15.6. The van der Waals surface area contributed by atoms with Crippen molar-refractivity contribution in [3.8, 4) is 0 Å². The molecule has 6 nitrogen and oxygen atoms in total. The third-order valence-electron chi connectivity index (χ3n) is 8.43. The van der Waals surface area contributed by atoms with Gasteiger partial charge in [0.2, 0.25) is 0 Å². The molecule has 0 fully saturated rings. The maximum Gasteiger partial charge on any atom is 0.269 e. The van der Waals surface area contributed by atoms with Crippen LogP contribution < -0.4 is 0 Å². The van der Waals surface area contributed by atoms with E-state index in [1.807, 2.05) is 24.3 Å². The number of nitro benzene ring substituents is 2. The van der Waals surface area contributed by atoms with Crippen molar-refractivity contribution < 1.29 is 9.85 Å². The molecule has 6 aromatic rings. The lowest BCUT2D eigenvalue weighted by Crippen LogP contribution is -1.94. The molecule has 0 saturated carbocycles. The minimum Gasteiger partial charge on any atom is -0.258 e. The normalized spacial score (nSPS) is 10.9. The molecule has 0 spiro atoms. The molecule has 0 bridgehead atoms. The molecule has 0 aliphatic carbocycles. The van der Waals surface area contributed by atoms with Crippen LogP contribution in [0.1, 0.15) is 55.6 Å². The van der Waals surface area contributed by atoms with Crippen LogP contribution in [0, 0.1) is 20.2 Å². The van der Waals surface area contributed by atoms with Crippen LogP contribution in [0.3, 0.4) is 0 Å². The summed E-state index contributed by atoms with van der Waals surface area (Å²) in [6.07, 6.45) is 4.11. The Morgan fingerprint density at radius 1 is 0.277 bits per heavy atom. The molecule has 6 aromatic carbocycles. The molecule has 0 radical (unpaired) electrons. The highest BCUT2D eigenvalue weighted by Gasteiger charge is 2.07. The summed E-state index contributed by atoms with van der Waals surface area (Å²) in [5, 5.41) is 21.8. The molecule has 0 unspecified atom stereocenters. The molecule has 0 aromatic heterocycles. The SMILES string of the molecule is O=[N+]([O-])c1ccc(Cc2ccc(Cc3ccc(Cc4ccc(Cc5ccc(Cc6ccc([N+](=O)[O-])cc6)cc5)cc4)cc3)cc2)cc1. The Morgan fingerprint density at radius 2 is 0.404 bits per heavy atom. The largest absolute Gasteiger partial charge is 0.269 e. The minimum absolute atomic E-state index is 0.114. The lowest BCUT2D eigenvalue weighted by molar-refractivity contribution is -0.385. The Balaban J connectivity index is 0.975. The Bertz CT molecular complexity index is 1800. The van der Waals surface area contributed by atoms with Gasteiger partial charge in [0.05, 0.1) is 9.85 Å². The molecule has 232 valence electrons. The molecule has 0 heterocycles. The van der Waals surface area contributed by atoms with Gasteiger partial charge in [0.15, 0.2) is 0 Å². The molecular formula is C41H34N2O4. The van der Waals surface area contributed by atoms with E-state index >= 15 is 0 Å². The fraction of sp³-hybridized carbons (Fsp3) is 0.122. The standard InChI is InChI=1S/C41H34N2O4/c44-42(45)40-21-17-38(18-22-40)28-36-13-9-34(10-14-36)26-32-5-1-30(2-6-32)25-31-3-7-33(8-4-31)27-35-11-15-37(16-12-35)29-39-19-23-41(24-20-39)43(46)47/h1-24H,25-29H2. The van der Waals surface area contributed by atoms with Crippen LogP contribution in [0.4, 0.5) is 11.4 Å². The number of hydrogen-bond acceptors (Lipinski definition) is 4. The third-order valence-corrected chi connectivity index (χ3v) is 8.43. The third kappa shape index (κ3) is 8.65. The molecule has 0 aliphatic rings. The van der Waals surface area contributed by atoms with E-state index in [1.54, 1.807) is 24.3 Å². The first-order valence-electron chi connectivity index (χ1n) is 15.6. The Labute approximate surface area is 274 Å². The van der Waals surface area contributed by atoms with Crippen molar-refractivity contribution in [3.63, 3.8) is 0 Å². The second-order valence-electron chi connectivity index (χ2n) is 12.0. The number of rotatable bonds is 12. The quantitative estimate of drug-likeness (QED) is 0.101. The van der Waals surface area contributed by atoms with Gasteiger partial charge in [-0.05, 0) is 87.7 Å². The van der Waals surface area contributed by atoms with Crippen molar-refractivity contribution in [2.24, 2.45) is 0 Å². The summed E-state index contributed by atoms with van der Waals surface area (Å²) in [5.41, 5.74) is 12.3. The van der Waals surface area contributed by atoms with E-state index in [0.717, 1.165) is 43.2 Å². The summed E-state index contributed by atoms with van der Waals surface area (Å²) in [7, 11) is 0. The van der Waals surface area contributed by atoms with Crippen molar-refractivity contribution in [3.05, 3.63) is 221 Å². The lowest BCUT2D eigenvalue weighted by Gasteiger charge is -2.08. The summed E-state index contributed by atoms with van der Waals surface area (Å²) in [4.78, 5) is 21.0. The van der Waals surface area contributed by atoms with Crippen LogP contribution in [0.25, 0.3) is 0 Å². The molecule has 6 rings (SSSR count). The van der Waals surface area contributed by atoms with Crippen LogP contribution in [-0.4, -0.2) is 9.85 Å². The molecule has 0 amide bonds. The molecule has 0 saturated heterocycles. The highest BCUT2D eigenvalue weighted by atomic mass is 16.6. The predicted octanol–water partition coefficient (Wildman–Crippen LogP) is 9.46. The first kappa shape index (κ1) is 31.1. The van der Waals surface area contributed by atoms with Gasteiger partial charge in [-0.1, -0.05) is 121 Å². The molecular weight excluding hydrogens is 584 g/mol. The van der Waals surface area contributed by atoms with Gasteiger partial charge in [-0.15, -0.1) is 0 Å². The van der Waals surface area contributed by atoms with Gasteiger partial charge >= 0.3 is 0 Å². The maximum absolute atomic E-state index is 10.9. The fourth-order valence-corrected chi connectivity index (χ4v) is 5.75. The van der Waals surface area contributed by atoms with E-state index in [1.165, 1.54) is 44.5 Å². The summed E-state index contributed by atoms with van der Waals surface area (Å²) in [6, 6.07) is 48.3. The van der Waals surface area contributed by atoms with E-state index in [2.05, 4.69) is 97.1 Å². The van der Waals surface area contributed by atoms with Gasteiger partial charge in [0, 0.05) is 24.3 Å². The van der Waals surface area contributed by atoms with Crippen molar-refractivity contribution in [1.82, 2.24) is 0 Å². The molecule has 47 heavy (non-hydrogen) atoms. The average Bonchev–Trinajstić information content (AvgIpc) is 3.09. The topological polar surface area (TPSA) is 86.3 Å². The second-order valence-corrected chi connectivity index (χ2v) is 12.0. The number of nitrogens with zero attached hydrogens (tertiary/aromatic N) is 2. The monoisotopic (exact) mass is 618 g/mol. The van der Waals surface area contributed by atoms with Crippen LogP contribution in [-0.2, 0) is 32.1 Å². The molecule has 6 heteroatoms. The predicted molar refractivity (Wildman–Crippen MR) is 186 cm³/mol. The van der Waals surface area contributed by atoms with Gasteiger partial charge in [0.25, 0.3) is 11.4 Å². The fourth-order valence-electron chi connectivity index (χ4n) is 5.75. The summed E-state index contributed by atoms with van der Waals surface area (Å²) < 4.78 is 0. The molecule has 0 N–H and O–H groups in total. The van der Waals surface area contributed by atoms with Crippen LogP contribution in [0.5, 0.6) is 0 Å². The van der Waals surface area contributed by atoms with Gasteiger partial charge in [0.1, 0.15) is 0 Å². The van der Waals surface area contributed by atoms with Gasteiger partial charge in [-0.25, -0.2) is 0 Å². The van der Waals surface area contributed by atoms with Crippen molar-refractivity contribution in [1.29, 1.82) is 0 Å². The minimum atomic E-state index is -0.373. The molecule has 0 atom stereocenters. The highest BCUT2D eigenvalue weighted by Crippen LogP contribution is 2.20. The van der Waals surface area contributed by atoms with Crippen LogP contribution >= 0.6 is 0 Å². The van der Waals surface area contributed by atoms with E-state index < -0.39 is 0 Å². The Hall–Kier alpha value is -5.88. The van der Waals surface area contributed by atoms with Gasteiger partial charge < -0.3 is 0 Å². The first-order chi connectivity index (χ1) is 22.9. The van der Waals surface area contributed by atoms with Crippen molar-refractivity contribution in [2.45, 2.75) is 32.1 Å². The maximum atomic E-state index is 10.9.